The number of carbonyl (C=O) groups excluding carboxylic acids is 1. The molecule has 2 amide bonds. The summed E-state index contributed by atoms with van der Waals surface area (Å²) in [6.45, 7) is 7.06. The van der Waals surface area contributed by atoms with E-state index in [1.807, 2.05) is 62.4 Å². The number of carbonyl (C=O) groups is 1. The van der Waals surface area contributed by atoms with Gasteiger partial charge in [0.2, 0.25) is 0 Å². The molecule has 0 atom stereocenters. The molecule has 0 radical (unpaired) electrons. The Morgan fingerprint density at radius 1 is 1.03 bits per heavy atom. The Balaban J connectivity index is 1.82. The summed E-state index contributed by atoms with van der Waals surface area (Å²) in [7, 11) is -3.39. The predicted octanol–water partition coefficient (Wildman–Crippen LogP) is 4.91. The molecular formula is C28H30N4O4S. The van der Waals surface area contributed by atoms with Gasteiger partial charge in [-0.1, -0.05) is 24.3 Å². The van der Waals surface area contributed by atoms with Gasteiger partial charge in [-0.15, -0.1) is 0 Å². The number of amides is 2. The van der Waals surface area contributed by atoms with Crippen LogP contribution < -0.4 is 10.8 Å². The van der Waals surface area contributed by atoms with Crippen molar-refractivity contribution in [3.05, 3.63) is 84.1 Å². The molecule has 0 aliphatic carbocycles. The molecule has 4 rings (SSSR count). The standard InChI is InChI=1S/C28H30N4O4S/c1-18(2)30-27(33)31-25-12-11-22(17-32(25)34)19-8-6-9-20(14-19)24-16-23(28(3,4)37(5,35)36)15-21-10-7-13-29-26(21)24/h6-18,34H,1-5H3,(H,30,33)/b31-25-. The van der Waals surface area contributed by atoms with Gasteiger partial charge in [0.15, 0.2) is 15.3 Å². The summed E-state index contributed by atoms with van der Waals surface area (Å²) >= 11 is 0. The number of nitrogens with zero attached hydrogens (tertiary/aromatic N) is 3. The molecule has 0 fully saturated rings. The van der Waals surface area contributed by atoms with Crippen molar-refractivity contribution in [2.24, 2.45) is 4.99 Å². The number of rotatable bonds is 5. The summed E-state index contributed by atoms with van der Waals surface area (Å²) in [6, 6.07) is 17.9. The number of hydrogen-bond donors (Lipinski definition) is 2. The Morgan fingerprint density at radius 3 is 2.43 bits per heavy atom. The van der Waals surface area contributed by atoms with Crippen molar-refractivity contribution in [3.63, 3.8) is 0 Å². The average Bonchev–Trinajstić information content (AvgIpc) is 2.83. The molecule has 37 heavy (non-hydrogen) atoms. The molecule has 0 aliphatic rings. The first-order chi connectivity index (χ1) is 17.4. The van der Waals surface area contributed by atoms with Crippen LogP contribution in [0.4, 0.5) is 4.79 Å². The molecule has 0 saturated heterocycles. The molecule has 0 spiro atoms. The van der Waals surface area contributed by atoms with Gasteiger partial charge >= 0.3 is 6.03 Å². The zero-order valence-corrected chi connectivity index (χ0v) is 22.2. The van der Waals surface area contributed by atoms with Crippen LogP contribution in [0.5, 0.6) is 0 Å². The fourth-order valence-electron chi connectivity index (χ4n) is 3.96. The van der Waals surface area contributed by atoms with E-state index >= 15 is 0 Å². The summed E-state index contributed by atoms with van der Waals surface area (Å²) in [6.07, 6.45) is 4.44. The number of sulfone groups is 1. The fourth-order valence-corrected chi connectivity index (χ4v) is 4.51. The minimum atomic E-state index is -3.39. The highest BCUT2D eigenvalue weighted by Gasteiger charge is 2.33. The molecule has 2 aromatic heterocycles. The highest BCUT2D eigenvalue weighted by molar-refractivity contribution is 7.91. The van der Waals surface area contributed by atoms with E-state index in [0.717, 1.165) is 32.3 Å². The number of fused-ring (bicyclic) bond motifs is 1. The number of urea groups is 1. The Hall–Kier alpha value is -3.98. The maximum Gasteiger partial charge on any atom is 0.343 e. The first-order valence-corrected chi connectivity index (χ1v) is 13.7. The Bertz CT molecular complexity index is 1670. The molecular weight excluding hydrogens is 488 g/mol. The average molecular weight is 519 g/mol. The predicted molar refractivity (Wildman–Crippen MR) is 145 cm³/mol. The number of pyridine rings is 2. The first kappa shape index (κ1) is 26.1. The third-order valence-electron chi connectivity index (χ3n) is 6.37. The summed E-state index contributed by atoms with van der Waals surface area (Å²) < 4.78 is 24.9. The number of hydrogen-bond acceptors (Lipinski definition) is 5. The van der Waals surface area contributed by atoms with Crippen molar-refractivity contribution in [3.8, 4) is 22.3 Å². The second kappa shape index (κ2) is 9.82. The molecule has 2 aromatic carbocycles. The van der Waals surface area contributed by atoms with Crippen LogP contribution in [0.25, 0.3) is 33.2 Å². The molecule has 0 aliphatic heterocycles. The van der Waals surface area contributed by atoms with Gasteiger partial charge in [0, 0.05) is 35.0 Å². The van der Waals surface area contributed by atoms with Crippen LogP contribution in [0.15, 0.2) is 78.0 Å². The van der Waals surface area contributed by atoms with E-state index in [2.05, 4.69) is 15.3 Å². The summed E-state index contributed by atoms with van der Waals surface area (Å²) in [5.74, 6) is 0. The summed E-state index contributed by atoms with van der Waals surface area (Å²) in [5, 5.41) is 13.9. The van der Waals surface area contributed by atoms with E-state index in [1.54, 1.807) is 32.2 Å². The van der Waals surface area contributed by atoms with Crippen molar-refractivity contribution in [1.82, 2.24) is 15.0 Å². The largest absolute Gasteiger partial charge is 0.427 e. The number of benzene rings is 2. The number of nitrogens with one attached hydrogen (secondary N) is 1. The van der Waals surface area contributed by atoms with Crippen LogP contribution in [0.3, 0.4) is 0 Å². The topological polar surface area (TPSA) is 114 Å². The SMILES string of the molecule is CC(C)NC(=O)/N=c1/ccc(-c2cccc(-c3cc(C(C)(C)S(C)(=O)=O)cc4cccnc34)c2)cn1O. The maximum absolute atomic E-state index is 12.6. The molecule has 0 bridgehead atoms. The van der Waals surface area contributed by atoms with Gasteiger partial charge in [-0.3, -0.25) is 4.98 Å². The molecule has 4 aromatic rings. The molecule has 192 valence electrons. The third kappa shape index (κ3) is 5.41. The maximum atomic E-state index is 12.6. The normalized spacial score (nSPS) is 12.8. The van der Waals surface area contributed by atoms with Gasteiger partial charge in [-0.2, -0.15) is 9.72 Å². The quantitative estimate of drug-likeness (QED) is 0.365. The zero-order valence-electron chi connectivity index (χ0n) is 21.4. The monoisotopic (exact) mass is 518 g/mol. The lowest BCUT2D eigenvalue weighted by molar-refractivity contribution is 0.171. The lowest BCUT2D eigenvalue weighted by Crippen LogP contribution is -2.30. The minimum Gasteiger partial charge on any atom is -0.427 e. The van der Waals surface area contributed by atoms with E-state index in [-0.39, 0.29) is 11.5 Å². The number of aromatic nitrogens is 2. The van der Waals surface area contributed by atoms with Crippen LogP contribution in [0.2, 0.25) is 0 Å². The molecule has 2 heterocycles. The van der Waals surface area contributed by atoms with Crippen molar-refractivity contribution < 1.29 is 18.4 Å². The first-order valence-electron chi connectivity index (χ1n) is 11.8. The van der Waals surface area contributed by atoms with Crippen LogP contribution in [0, 0.1) is 0 Å². The Labute approximate surface area is 216 Å². The van der Waals surface area contributed by atoms with Crippen molar-refractivity contribution in [2.45, 2.75) is 38.5 Å². The second-order valence-corrected chi connectivity index (χ2v) is 12.4. The van der Waals surface area contributed by atoms with Crippen LogP contribution in [-0.2, 0) is 14.6 Å². The fraction of sp³-hybridized carbons (Fsp3) is 0.250. The lowest BCUT2D eigenvalue weighted by Gasteiger charge is -2.24. The van der Waals surface area contributed by atoms with E-state index in [1.165, 1.54) is 12.5 Å². The highest BCUT2D eigenvalue weighted by Crippen LogP contribution is 2.37. The van der Waals surface area contributed by atoms with Gasteiger partial charge in [-0.05, 0) is 80.8 Å². The van der Waals surface area contributed by atoms with Gasteiger partial charge < -0.3 is 10.5 Å². The van der Waals surface area contributed by atoms with Crippen LogP contribution in [-0.4, -0.2) is 41.7 Å². The van der Waals surface area contributed by atoms with Crippen molar-refractivity contribution >= 4 is 26.8 Å². The molecule has 9 heteroatoms. The van der Waals surface area contributed by atoms with Gasteiger partial charge in [-0.25, -0.2) is 13.2 Å². The molecule has 8 nitrogen and oxygen atoms in total. The second-order valence-electron chi connectivity index (χ2n) is 9.80. The Kier molecular flexibility index (Phi) is 6.92. The zero-order chi connectivity index (χ0) is 27.0. The smallest absolute Gasteiger partial charge is 0.343 e. The van der Waals surface area contributed by atoms with Crippen molar-refractivity contribution in [2.75, 3.05) is 6.26 Å². The van der Waals surface area contributed by atoms with E-state index in [0.29, 0.717) is 11.1 Å². The van der Waals surface area contributed by atoms with E-state index in [4.69, 9.17) is 0 Å². The van der Waals surface area contributed by atoms with Crippen molar-refractivity contribution in [1.29, 1.82) is 0 Å². The van der Waals surface area contributed by atoms with Gasteiger partial charge in [0.05, 0.1) is 16.5 Å². The molecule has 0 saturated carbocycles. The summed E-state index contributed by atoms with van der Waals surface area (Å²) in [4.78, 5) is 20.4. The van der Waals surface area contributed by atoms with Gasteiger partial charge in [0.1, 0.15) is 0 Å². The Morgan fingerprint density at radius 2 is 1.76 bits per heavy atom. The van der Waals surface area contributed by atoms with Gasteiger partial charge in [0.25, 0.3) is 0 Å². The van der Waals surface area contributed by atoms with Crippen LogP contribution in [0.1, 0.15) is 33.3 Å². The third-order valence-corrected chi connectivity index (χ3v) is 8.46. The van der Waals surface area contributed by atoms with E-state index < -0.39 is 20.6 Å². The van der Waals surface area contributed by atoms with Crippen LogP contribution >= 0.6 is 0 Å². The lowest BCUT2D eigenvalue weighted by atomic mass is 9.92. The van der Waals surface area contributed by atoms with E-state index in [9.17, 15) is 18.4 Å². The minimum absolute atomic E-state index is 0.0718. The molecule has 2 N–H and O–H groups in total. The molecule has 0 unspecified atom stereocenters. The highest BCUT2D eigenvalue weighted by atomic mass is 32.2. The summed E-state index contributed by atoms with van der Waals surface area (Å²) in [5.41, 5.74) is 4.71.